The Bertz CT molecular complexity index is 681. The number of hydrogen-bond acceptors (Lipinski definition) is 3. The Morgan fingerprint density at radius 2 is 2.06 bits per heavy atom. The van der Waals surface area contributed by atoms with Crippen LogP contribution in [-0.4, -0.2) is 14.6 Å². The van der Waals surface area contributed by atoms with Gasteiger partial charge >= 0.3 is 0 Å². The Labute approximate surface area is 103 Å². The first kappa shape index (κ1) is 10.7. The minimum absolute atomic E-state index is 0.245. The zero-order valence-electron chi connectivity index (χ0n) is 9.45. The highest BCUT2D eigenvalue weighted by Gasteiger charge is 2.05. The summed E-state index contributed by atoms with van der Waals surface area (Å²) >= 11 is 0. The van der Waals surface area contributed by atoms with Gasteiger partial charge in [0.25, 0.3) is 0 Å². The van der Waals surface area contributed by atoms with Crippen molar-refractivity contribution >= 4 is 5.65 Å². The predicted octanol–water partition coefficient (Wildman–Crippen LogP) is 2.45. The Hall–Kier alpha value is -2.43. The van der Waals surface area contributed by atoms with Crippen molar-refractivity contribution in [2.24, 2.45) is 0 Å². The van der Waals surface area contributed by atoms with E-state index in [4.69, 9.17) is 4.74 Å². The molecule has 18 heavy (non-hydrogen) atoms. The molecule has 0 radical (unpaired) electrons. The highest BCUT2D eigenvalue weighted by Crippen LogP contribution is 2.13. The van der Waals surface area contributed by atoms with Crippen LogP contribution in [0.1, 0.15) is 5.82 Å². The van der Waals surface area contributed by atoms with Crippen LogP contribution in [0.3, 0.4) is 0 Å². The average Bonchev–Trinajstić information content (AvgIpc) is 2.80. The number of aromatic nitrogens is 3. The quantitative estimate of drug-likeness (QED) is 0.709. The summed E-state index contributed by atoms with van der Waals surface area (Å²) in [4.78, 5) is 0. The number of benzene rings is 1. The van der Waals surface area contributed by atoms with Gasteiger partial charge in [-0.1, -0.05) is 12.1 Å². The van der Waals surface area contributed by atoms with E-state index in [1.54, 1.807) is 12.1 Å². The van der Waals surface area contributed by atoms with Crippen molar-refractivity contribution in [1.82, 2.24) is 14.6 Å². The number of pyridine rings is 1. The lowest BCUT2D eigenvalue weighted by atomic mass is 10.3. The summed E-state index contributed by atoms with van der Waals surface area (Å²) in [5.41, 5.74) is 0.760. The maximum atomic E-state index is 13.0. The van der Waals surface area contributed by atoms with E-state index in [2.05, 4.69) is 10.2 Å². The molecule has 0 unspecified atom stereocenters. The van der Waals surface area contributed by atoms with Crippen molar-refractivity contribution in [1.29, 1.82) is 0 Å². The van der Waals surface area contributed by atoms with E-state index in [0.29, 0.717) is 11.6 Å². The second kappa shape index (κ2) is 4.44. The van der Waals surface area contributed by atoms with Crippen LogP contribution >= 0.6 is 0 Å². The monoisotopic (exact) mass is 243 g/mol. The van der Waals surface area contributed by atoms with Crippen LogP contribution < -0.4 is 4.74 Å². The molecule has 4 nitrogen and oxygen atoms in total. The number of fused-ring (bicyclic) bond motifs is 1. The molecule has 0 fully saturated rings. The molecule has 2 aromatic heterocycles. The van der Waals surface area contributed by atoms with Crippen LogP contribution in [-0.2, 0) is 6.61 Å². The summed E-state index contributed by atoms with van der Waals surface area (Å²) in [6, 6.07) is 11.7. The van der Waals surface area contributed by atoms with Crippen molar-refractivity contribution in [3.63, 3.8) is 0 Å². The predicted molar refractivity (Wildman–Crippen MR) is 63.7 cm³/mol. The van der Waals surface area contributed by atoms with Crippen LogP contribution in [0, 0.1) is 5.82 Å². The van der Waals surface area contributed by atoms with E-state index in [-0.39, 0.29) is 12.4 Å². The third-order valence-corrected chi connectivity index (χ3v) is 2.55. The Morgan fingerprint density at radius 3 is 2.94 bits per heavy atom. The molecule has 90 valence electrons. The maximum Gasteiger partial charge on any atom is 0.175 e. The Morgan fingerprint density at radius 1 is 1.11 bits per heavy atom. The molecule has 3 aromatic rings. The van der Waals surface area contributed by atoms with E-state index in [1.807, 2.05) is 28.8 Å². The summed E-state index contributed by atoms with van der Waals surface area (Å²) in [5, 5.41) is 8.03. The third kappa shape index (κ3) is 2.02. The molecule has 0 atom stereocenters. The first-order valence-electron chi connectivity index (χ1n) is 5.50. The third-order valence-electron chi connectivity index (χ3n) is 2.55. The van der Waals surface area contributed by atoms with Gasteiger partial charge in [-0.15, -0.1) is 10.2 Å². The van der Waals surface area contributed by atoms with Crippen molar-refractivity contribution in [3.8, 4) is 5.75 Å². The number of rotatable bonds is 3. The number of nitrogens with zero attached hydrogens (tertiary/aromatic N) is 3. The van der Waals surface area contributed by atoms with Gasteiger partial charge in [-0.05, 0) is 24.3 Å². The summed E-state index contributed by atoms with van der Waals surface area (Å²) in [6.07, 6.45) is 1.86. The summed E-state index contributed by atoms with van der Waals surface area (Å²) in [7, 11) is 0. The molecule has 0 aliphatic carbocycles. The van der Waals surface area contributed by atoms with Gasteiger partial charge in [-0.2, -0.15) is 0 Å². The van der Waals surface area contributed by atoms with Crippen LogP contribution in [0.5, 0.6) is 5.75 Å². The molecule has 5 heteroatoms. The number of halogens is 1. The summed E-state index contributed by atoms with van der Waals surface area (Å²) in [6.45, 7) is 0.245. The molecule has 0 aliphatic rings. The first-order chi connectivity index (χ1) is 8.83. The Balaban J connectivity index is 1.81. The summed E-state index contributed by atoms with van der Waals surface area (Å²) < 4.78 is 20.3. The van der Waals surface area contributed by atoms with Gasteiger partial charge in [0.2, 0.25) is 0 Å². The second-order valence-corrected chi connectivity index (χ2v) is 3.79. The van der Waals surface area contributed by atoms with Gasteiger partial charge in [0.05, 0.1) is 0 Å². The minimum Gasteiger partial charge on any atom is -0.485 e. The standard InChI is InChI=1S/C13H10FN3O/c14-10-4-3-5-11(8-10)18-9-13-16-15-12-6-1-2-7-17(12)13/h1-8H,9H2. The lowest BCUT2D eigenvalue weighted by Crippen LogP contribution is -2.01. The van der Waals surface area contributed by atoms with Crippen molar-refractivity contribution in [2.75, 3.05) is 0 Å². The number of hydrogen-bond donors (Lipinski definition) is 0. The highest BCUT2D eigenvalue weighted by atomic mass is 19.1. The van der Waals surface area contributed by atoms with Crippen LogP contribution in [0.4, 0.5) is 4.39 Å². The molecular weight excluding hydrogens is 233 g/mol. The summed E-state index contributed by atoms with van der Waals surface area (Å²) in [5.74, 6) is 0.830. The molecule has 0 saturated heterocycles. The van der Waals surface area contributed by atoms with Crippen molar-refractivity contribution in [3.05, 3.63) is 60.3 Å². The number of ether oxygens (including phenoxy) is 1. The fourth-order valence-electron chi connectivity index (χ4n) is 1.69. The van der Waals surface area contributed by atoms with Gasteiger partial charge in [0, 0.05) is 12.3 Å². The van der Waals surface area contributed by atoms with Gasteiger partial charge in [0.15, 0.2) is 11.5 Å². The maximum absolute atomic E-state index is 13.0. The molecule has 0 amide bonds. The zero-order chi connectivity index (χ0) is 12.4. The lowest BCUT2D eigenvalue weighted by molar-refractivity contribution is 0.293. The van der Waals surface area contributed by atoms with Crippen LogP contribution in [0.15, 0.2) is 48.7 Å². The highest BCUT2D eigenvalue weighted by molar-refractivity contribution is 5.37. The topological polar surface area (TPSA) is 39.4 Å². The average molecular weight is 243 g/mol. The first-order valence-corrected chi connectivity index (χ1v) is 5.50. The molecule has 1 aromatic carbocycles. The fraction of sp³-hybridized carbons (Fsp3) is 0.0769. The molecular formula is C13H10FN3O. The van der Waals surface area contributed by atoms with E-state index in [9.17, 15) is 4.39 Å². The lowest BCUT2D eigenvalue weighted by Gasteiger charge is -2.04. The molecule has 0 spiro atoms. The smallest absolute Gasteiger partial charge is 0.175 e. The molecule has 2 heterocycles. The van der Waals surface area contributed by atoms with Crippen LogP contribution in [0.25, 0.3) is 5.65 Å². The van der Waals surface area contributed by atoms with E-state index >= 15 is 0 Å². The second-order valence-electron chi connectivity index (χ2n) is 3.79. The molecule has 0 N–H and O–H groups in total. The van der Waals surface area contributed by atoms with Gasteiger partial charge < -0.3 is 4.74 Å². The largest absolute Gasteiger partial charge is 0.485 e. The molecule has 0 saturated carbocycles. The van der Waals surface area contributed by atoms with E-state index in [0.717, 1.165) is 5.65 Å². The minimum atomic E-state index is -0.321. The van der Waals surface area contributed by atoms with Gasteiger partial charge in [-0.3, -0.25) is 4.40 Å². The zero-order valence-corrected chi connectivity index (χ0v) is 9.45. The van der Waals surface area contributed by atoms with E-state index in [1.165, 1.54) is 12.1 Å². The van der Waals surface area contributed by atoms with Crippen molar-refractivity contribution in [2.45, 2.75) is 6.61 Å². The van der Waals surface area contributed by atoms with Crippen LogP contribution in [0.2, 0.25) is 0 Å². The SMILES string of the molecule is Fc1cccc(OCc2nnc3ccccn23)c1. The van der Waals surface area contributed by atoms with E-state index < -0.39 is 0 Å². The fourth-order valence-corrected chi connectivity index (χ4v) is 1.69. The van der Waals surface area contributed by atoms with Crippen molar-refractivity contribution < 1.29 is 9.13 Å². The Kier molecular flexibility index (Phi) is 2.64. The normalized spacial score (nSPS) is 10.7. The molecule has 0 aliphatic heterocycles. The van der Waals surface area contributed by atoms with Gasteiger partial charge in [-0.25, -0.2) is 4.39 Å². The van der Waals surface area contributed by atoms with Gasteiger partial charge in [0.1, 0.15) is 18.2 Å². The molecule has 3 rings (SSSR count). The molecule has 0 bridgehead atoms.